The van der Waals surface area contributed by atoms with E-state index < -0.39 is 18.6 Å². The molecule has 4 nitrogen and oxygen atoms in total. The maximum absolute atomic E-state index is 12.5. The summed E-state index contributed by atoms with van der Waals surface area (Å²) >= 11 is 0. The third-order valence-corrected chi connectivity index (χ3v) is 3.25. The molecule has 1 aliphatic carbocycles. The lowest BCUT2D eigenvalue weighted by Crippen LogP contribution is -2.35. The summed E-state index contributed by atoms with van der Waals surface area (Å²) in [5, 5.41) is 0. The summed E-state index contributed by atoms with van der Waals surface area (Å²) in [6.07, 6.45) is -2.69. The normalized spacial score (nSPS) is 15.6. The van der Waals surface area contributed by atoms with E-state index in [4.69, 9.17) is 11.5 Å². The Morgan fingerprint density at radius 1 is 1.35 bits per heavy atom. The average molecular weight is 287 g/mol. The van der Waals surface area contributed by atoms with Crippen molar-refractivity contribution in [3.63, 3.8) is 0 Å². The number of alkyl halides is 3. The summed E-state index contributed by atoms with van der Waals surface area (Å²) < 4.78 is 37.6. The van der Waals surface area contributed by atoms with E-state index in [1.54, 1.807) is 6.07 Å². The third kappa shape index (κ3) is 3.86. The van der Waals surface area contributed by atoms with Crippen LogP contribution in [0.1, 0.15) is 28.8 Å². The van der Waals surface area contributed by atoms with Crippen LogP contribution in [0.4, 0.5) is 18.9 Å². The second-order valence-corrected chi connectivity index (χ2v) is 5.03. The molecular weight excluding hydrogens is 271 g/mol. The summed E-state index contributed by atoms with van der Waals surface area (Å²) in [7, 11) is 0. The first kappa shape index (κ1) is 14.6. The van der Waals surface area contributed by atoms with Crippen molar-refractivity contribution in [1.29, 1.82) is 0 Å². The quantitative estimate of drug-likeness (QED) is 0.812. The topological polar surface area (TPSA) is 72.4 Å². The van der Waals surface area contributed by atoms with Crippen LogP contribution in [0.25, 0.3) is 0 Å². The van der Waals surface area contributed by atoms with Gasteiger partial charge in [0.1, 0.15) is 0 Å². The average Bonchev–Trinajstić information content (AvgIpc) is 3.12. The molecule has 7 heteroatoms. The number of nitrogens with zero attached hydrogens (tertiary/aromatic N) is 1. The lowest BCUT2D eigenvalue weighted by Gasteiger charge is -2.24. The highest BCUT2D eigenvalue weighted by atomic mass is 19.4. The van der Waals surface area contributed by atoms with Crippen molar-refractivity contribution in [2.45, 2.75) is 31.6 Å². The molecule has 0 atom stereocenters. The summed E-state index contributed by atoms with van der Waals surface area (Å²) in [5.41, 5.74) is 12.0. The molecule has 0 saturated heterocycles. The van der Waals surface area contributed by atoms with Crippen LogP contribution in [0.3, 0.4) is 0 Å². The monoisotopic (exact) mass is 287 g/mol. The van der Waals surface area contributed by atoms with E-state index in [-0.39, 0.29) is 23.8 Å². The highest BCUT2D eigenvalue weighted by Gasteiger charge is 2.38. The van der Waals surface area contributed by atoms with Gasteiger partial charge in [0, 0.05) is 23.8 Å². The van der Waals surface area contributed by atoms with E-state index in [0.717, 1.165) is 12.8 Å². The van der Waals surface area contributed by atoms with Gasteiger partial charge in [-0.3, -0.25) is 9.69 Å². The van der Waals surface area contributed by atoms with Gasteiger partial charge in [-0.05, 0) is 30.5 Å². The third-order valence-electron chi connectivity index (χ3n) is 3.25. The van der Waals surface area contributed by atoms with Gasteiger partial charge in [-0.1, -0.05) is 6.07 Å². The van der Waals surface area contributed by atoms with Crippen LogP contribution in [0.2, 0.25) is 0 Å². The number of rotatable bonds is 5. The van der Waals surface area contributed by atoms with Crippen molar-refractivity contribution in [2.75, 3.05) is 12.3 Å². The number of primary amides is 1. The predicted octanol–water partition coefficient (Wildman–Crippen LogP) is 1.89. The summed E-state index contributed by atoms with van der Waals surface area (Å²) in [6, 6.07) is 4.40. The molecule has 0 unspecified atom stereocenters. The Balaban J connectivity index is 2.12. The molecule has 1 saturated carbocycles. The van der Waals surface area contributed by atoms with E-state index in [1.807, 2.05) is 0 Å². The van der Waals surface area contributed by atoms with Crippen molar-refractivity contribution in [3.8, 4) is 0 Å². The zero-order valence-electron chi connectivity index (χ0n) is 10.8. The van der Waals surface area contributed by atoms with Crippen molar-refractivity contribution in [2.24, 2.45) is 5.73 Å². The van der Waals surface area contributed by atoms with Crippen molar-refractivity contribution in [3.05, 3.63) is 29.3 Å². The van der Waals surface area contributed by atoms with Gasteiger partial charge in [0.25, 0.3) is 0 Å². The number of halogens is 3. The van der Waals surface area contributed by atoms with Gasteiger partial charge in [0.2, 0.25) is 5.91 Å². The van der Waals surface area contributed by atoms with Crippen LogP contribution in [0, 0.1) is 0 Å². The molecule has 2 rings (SSSR count). The molecular formula is C13H16F3N3O. The van der Waals surface area contributed by atoms with Crippen LogP contribution in [0.5, 0.6) is 0 Å². The largest absolute Gasteiger partial charge is 0.401 e. The van der Waals surface area contributed by atoms with Crippen molar-refractivity contribution >= 4 is 11.6 Å². The van der Waals surface area contributed by atoms with E-state index in [1.165, 1.54) is 17.0 Å². The van der Waals surface area contributed by atoms with Gasteiger partial charge >= 0.3 is 6.18 Å². The van der Waals surface area contributed by atoms with Crippen LogP contribution >= 0.6 is 0 Å². The zero-order valence-corrected chi connectivity index (χ0v) is 10.8. The zero-order chi connectivity index (χ0) is 14.9. The minimum Gasteiger partial charge on any atom is -0.398 e. The van der Waals surface area contributed by atoms with E-state index in [2.05, 4.69) is 0 Å². The Morgan fingerprint density at radius 3 is 2.45 bits per heavy atom. The summed E-state index contributed by atoms with van der Waals surface area (Å²) in [6.45, 7) is -0.830. The van der Waals surface area contributed by atoms with E-state index >= 15 is 0 Å². The summed E-state index contributed by atoms with van der Waals surface area (Å²) in [5.74, 6) is -0.613. The molecule has 1 aromatic rings. The van der Waals surface area contributed by atoms with Crippen molar-refractivity contribution < 1.29 is 18.0 Å². The standard InChI is InChI=1S/C13H16F3N3O/c14-13(15,16)7-19(10-3-4-10)6-9-2-1-8(12(18)20)5-11(9)17/h1-2,5,10H,3-4,6-7,17H2,(H2,18,20). The molecule has 20 heavy (non-hydrogen) atoms. The number of carbonyl (C=O) groups is 1. The smallest absolute Gasteiger partial charge is 0.398 e. The van der Waals surface area contributed by atoms with Crippen LogP contribution in [-0.2, 0) is 6.54 Å². The number of nitrogen functional groups attached to an aromatic ring is 1. The first-order valence-electron chi connectivity index (χ1n) is 6.25. The second kappa shape index (κ2) is 5.32. The molecule has 110 valence electrons. The number of benzene rings is 1. The molecule has 0 spiro atoms. The molecule has 0 heterocycles. The number of anilines is 1. The van der Waals surface area contributed by atoms with Crippen LogP contribution < -0.4 is 11.5 Å². The van der Waals surface area contributed by atoms with Gasteiger partial charge in [-0.2, -0.15) is 13.2 Å². The molecule has 1 aromatic carbocycles. The molecule has 1 fully saturated rings. The highest BCUT2D eigenvalue weighted by molar-refractivity contribution is 5.93. The Labute approximate surface area is 114 Å². The van der Waals surface area contributed by atoms with Gasteiger partial charge in [0.15, 0.2) is 0 Å². The molecule has 1 aliphatic rings. The highest BCUT2D eigenvalue weighted by Crippen LogP contribution is 2.32. The molecule has 0 aliphatic heterocycles. The fourth-order valence-corrected chi connectivity index (χ4v) is 2.10. The molecule has 4 N–H and O–H groups in total. The lowest BCUT2D eigenvalue weighted by molar-refractivity contribution is -0.148. The number of hydrogen-bond acceptors (Lipinski definition) is 3. The van der Waals surface area contributed by atoms with E-state index in [0.29, 0.717) is 5.56 Å². The van der Waals surface area contributed by atoms with Gasteiger partial charge in [-0.25, -0.2) is 0 Å². The summed E-state index contributed by atoms with van der Waals surface area (Å²) in [4.78, 5) is 12.4. The van der Waals surface area contributed by atoms with Crippen LogP contribution in [0.15, 0.2) is 18.2 Å². The fraction of sp³-hybridized carbons (Fsp3) is 0.462. The Kier molecular flexibility index (Phi) is 3.89. The van der Waals surface area contributed by atoms with Gasteiger partial charge in [0.05, 0.1) is 6.54 Å². The first-order valence-corrected chi connectivity index (χ1v) is 6.25. The van der Waals surface area contributed by atoms with Crippen molar-refractivity contribution in [1.82, 2.24) is 4.90 Å². The number of nitrogens with two attached hydrogens (primary N) is 2. The Hall–Kier alpha value is -1.76. The van der Waals surface area contributed by atoms with Gasteiger partial charge < -0.3 is 11.5 Å². The first-order chi connectivity index (χ1) is 9.26. The van der Waals surface area contributed by atoms with Gasteiger partial charge in [-0.15, -0.1) is 0 Å². The minimum absolute atomic E-state index is 0.0353. The predicted molar refractivity (Wildman–Crippen MR) is 68.9 cm³/mol. The van der Waals surface area contributed by atoms with E-state index in [9.17, 15) is 18.0 Å². The SMILES string of the molecule is NC(=O)c1ccc(CN(CC(F)(F)F)C2CC2)c(N)c1. The number of hydrogen-bond donors (Lipinski definition) is 2. The Morgan fingerprint density at radius 2 is 2.00 bits per heavy atom. The molecule has 0 bridgehead atoms. The Bertz CT molecular complexity index is 512. The van der Waals surface area contributed by atoms with Crippen LogP contribution in [-0.4, -0.2) is 29.6 Å². The minimum atomic E-state index is -4.23. The fourth-order valence-electron chi connectivity index (χ4n) is 2.10. The maximum Gasteiger partial charge on any atom is 0.401 e. The maximum atomic E-state index is 12.5. The lowest BCUT2D eigenvalue weighted by atomic mass is 10.1. The number of carbonyl (C=O) groups excluding carboxylic acids is 1. The second-order valence-electron chi connectivity index (χ2n) is 5.03. The molecule has 0 aromatic heterocycles. The number of amides is 1. The molecule has 1 amide bonds. The molecule has 0 radical (unpaired) electrons.